The molecule has 4 nitrogen and oxygen atoms in total. The highest BCUT2D eigenvalue weighted by Gasteiger charge is 2.06. The summed E-state index contributed by atoms with van der Waals surface area (Å²) in [6.07, 6.45) is 0.707. The minimum atomic E-state index is -0.521. The van der Waals surface area contributed by atoms with Crippen molar-refractivity contribution in [1.29, 1.82) is 0 Å². The molecule has 18 heavy (non-hydrogen) atoms. The van der Waals surface area contributed by atoms with Crippen molar-refractivity contribution in [3.05, 3.63) is 29.0 Å². The molecule has 0 radical (unpaired) electrons. The second-order valence-corrected chi connectivity index (χ2v) is 4.07. The number of rotatable bonds is 5. The minimum Gasteiger partial charge on any atom is -0.469 e. The number of hydrogen-bond acceptors (Lipinski definition) is 3. The van der Waals surface area contributed by atoms with E-state index in [2.05, 4.69) is 10.1 Å². The summed E-state index contributed by atoms with van der Waals surface area (Å²) in [6.45, 7) is 0. The average molecular weight is 274 g/mol. The van der Waals surface area contributed by atoms with E-state index in [1.54, 1.807) is 0 Å². The Labute approximate surface area is 109 Å². The standard InChI is InChI=1S/C12H13ClFNO3/c1-18-12(17)4-2-3-11(16)15-10-6-8(13)5-9(14)7-10/h5-7H,2-4H2,1H3,(H,15,16). The van der Waals surface area contributed by atoms with Crippen molar-refractivity contribution in [1.82, 2.24) is 0 Å². The maximum absolute atomic E-state index is 13.0. The van der Waals surface area contributed by atoms with Crippen LogP contribution in [0.2, 0.25) is 5.02 Å². The van der Waals surface area contributed by atoms with Gasteiger partial charge >= 0.3 is 5.97 Å². The van der Waals surface area contributed by atoms with Crippen LogP contribution in [0.25, 0.3) is 0 Å². The van der Waals surface area contributed by atoms with Gasteiger partial charge in [-0.25, -0.2) is 4.39 Å². The normalized spacial score (nSPS) is 9.94. The van der Waals surface area contributed by atoms with Gasteiger partial charge < -0.3 is 10.1 Å². The number of carbonyl (C=O) groups is 2. The van der Waals surface area contributed by atoms with E-state index in [0.717, 1.165) is 6.07 Å². The van der Waals surface area contributed by atoms with Gasteiger partial charge in [-0.15, -0.1) is 0 Å². The van der Waals surface area contributed by atoms with Crippen molar-refractivity contribution in [3.8, 4) is 0 Å². The van der Waals surface area contributed by atoms with Crippen LogP contribution in [0.15, 0.2) is 18.2 Å². The van der Waals surface area contributed by atoms with Gasteiger partial charge in [0, 0.05) is 23.6 Å². The first kappa shape index (κ1) is 14.4. The summed E-state index contributed by atoms with van der Waals surface area (Å²) in [7, 11) is 1.29. The van der Waals surface area contributed by atoms with Crippen LogP contribution in [-0.4, -0.2) is 19.0 Å². The molecule has 0 aliphatic heterocycles. The van der Waals surface area contributed by atoms with Gasteiger partial charge in [-0.3, -0.25) is 9.59 Å². The Kier molecular flexibility index (Phi) is 5.58. The zero-order valence-corrected chi connectivity index (χ0v) is 10.6. The summed E-state index contributed by atoms with van der Waals surface area (Å²) >= 11 is 5.65. The number of methoxy groups -OCH3 is 1. The van der Waals surface area contributed by atoms with Gasteiger partial charge in [-0.2, -0.15) is 0 Å². The number of nitrogens with one attached hydrogen (secondary N) is 1. The van der Waals surface area contributed by atoms with E-state index in [9.17, 15) is 14.0 Å². The first-order valence-electron chi connectivity index (χ1n) is 5.34. The molecule has 0 saturated heterocycles. The van der Waals surface area contributed by atoms with Crippen LogP contribution >= 0.6 is 11.6 Å². The number of anilines is 1. The Morgan fingerprint density at radius 1 is 1.33 bits per heavy atom. The lowest BCUT2D eigenvalue weighted by Crippen LogP contribution is -2.12. The van der Waals surface area contributed by atoms with E-state index in [1.807, 2.05) is 0 Å². The zero-order chi connectivity index (χ0) is 13.5. The van der Waals surface area contributed by atoms with Crippen LogP contribution in [0.4, 0.5) is 10.1 Å². The molecule has 1 amide bonds. The summed E-state index contributed by atoms with van der Waals surface area (Å²) in [5.41, 5.74) is 0.295. The molecule has 1 rings (SSSR count). The third-order valence-electron chi connectivity index (χ3n) is 2.16. The Balaban J connectivity index is 2.42. The second-order valence-electron chi connectivity index (χ2n) is 3.64. The molecule has 0 aliphatic carbocycles. The van der Waals surface area contributed by atoms with E-state index < -0.39 is 5.82 Å². The van der Waals surface area contributed by atoms with Crippen LogP contribution in [0.5, 0.6) is 0 Å². The number of esters is 1. The van der Waals surface area contributed by atoms with Crippen LogP contribution in [-0.2, 0) is 14.3 Å². The van der Waals surface area contributed by atoms with Crippen LogP contribution in [0, 0.1) is 5.82 Å². The smallest absolute Gasteiger partial charge is 0.305 e. The quantitative estimate of drug-likeness (QED) is 0.839. The lowest BCUT2D eigenvalue weighted by Gasteiger charge is -2.05. The third kappa shape index (κ3) is 5.14. The molecule has 98 valence electrons. The van der Waals surface area contributed by atoms with E-state index in [1.165, 1.54) is 19.2 Å². The summed E-state index contributed by atoms with van der Waals surface area (Å²) in [4.78, 5) is 22.3. The van der Waals surface area contributed by atoms with Crippen molar-refractivity contribution >= 4 is 29.2 Å². The second kappa shape index (κ2) is 6.96. The van der Waals surface area contributed by atoms with Gasteiger partial charge in [0.15, 0.2) is 0 Å². The number of hydrogen-bond donors (Lipinski definition) is 1. The van der Waals surface area contributed by atoms with Gasteiger partial charge in [0.2, 0.25) is 5.91 Å². The van der Waals surface area contributed by atoms with E-state index in [-0.39, 0.29) is 29.7 Å². The van der Waals surface area contributed by atoms with E-state index in [4.69, 9.17) is 11.6 Å². The van der Waals surface area contributed by atoms with Crippen molar-refractivity contribution in [2.75, 3.05) is 12.4 Å². The molecule has 0 heterocycles. The summed E-state index contributed by atoms with van der Waals surface area (Å²) in [5, 5.41) is 2.71. The Hall–Kier alpha value is -1.62. The van der Waals surface area contributed by atoms with Crippen molar-refractivity contribution in [2.24, 2.45) is 0 Å². The SMILES string of the molecule is COC(=O)CCCC(=O)Nc1cc(F)cc(Cl)c1. The van der Waals surface area contributed by atoms with Crippen LogP contribution < -0.4 is 5.32 Å². The molecule has 0 bridgehead atoms. The molecule has 6 heteroatoms. The number of halogens is 2. The molecular formula is C12H13ClFNO3. The highest BCUT2D eigenvalue weighted by molar-refractivity contribution is 6.30. The Bertz CT molecular complexity index is 431. The minimum absolute atomic E-state index is 0.156. The lowest BCUT2D eigenvalue weighted by atomic mass is 10.2. The fourth-order valence-electron chi connectivity index (χ4n) is 1.34. The topological polar surface area (TPSA) is 55.4 Å². The van der Waals surface area contributed by atoms with Gasteiger partial charge in [-0.1, -0.05) is 11.6 Å². The average Bonchev–Trinajstić information content (AvgIpc) is 2.27. The predicted octanol–water partition coefficient (Wildman–Crippen LogP) is 2.76. The zero-order valence-electron chi connectivity index (χ0n) is 9.83. The molecule has 0 aromatic heterocycles. The molecule has 1 N–H and O–H groups in total. The van der Waals surface area contributed by atoms with Gasteiger partial charge in [0.1, 0.15) is 5.82 Å². The van der Waals surface area contributed by atoms with E-state index in [0.29, 0.717) is 12.1 Å². The summed E-state index contributed by atoms with van der Waals surface area (Å²) in [5.74, 6) is -1.19. The Morgan fingerprint density at radius 2 is 2.06 bits per heavy atom. The molecule has 1 aromatic carbocycles. The summed E-state index contributed by atoms with van der Waals surface area (Å²) < 4.78 is 17.4. The van der Waals surface area contributed by atoms with Crippen molar-refractivity contribution in [2.45, 2.75) is 19.3 Å². The monoisotopic (exact) mass is 273 g/mol. The van der Waals surface area contributed by atoms with Gasteiger partial charge in [0.25, 0.3) is 0 Å². The molecule has 1 aromatic rings. The van der Waals surface area contributed by atoms with E-state index >= 15 is 0 Å². The number of carbonyl (C=O) groups excluding carboxylic acids is 2. The predicted molar refractivity (Wildman–Crippen MR) is 65.9 cm³/mol. The maximum atomic E-state index is 13.0. The fraction of sp³-hybridized carbons (Fsp3) is 0.333. The molecule has 0 spiro atoms. The fourth-order valence-corrected chi connectivity index (χ4v) is 1.57. The highest BCUT2D eigenvalue weighted by Crippen LogP contribution is 2.18. The number of amides is 1. The summed E-state index contributed by atoms with van der Waals surface area (Å²) in [6, 6.07) is 3.77. The van der Waals surface area contributed by atoms with Crippen molar-refractivity contribution < 1.29 is 18.7 Å². The Morgan fingerprint density at radius 3 is 2.67 bits per heavy atom. The molecule has 0 fully saturated rings. The van der Waals surface area contributed by atoms with Crippen LogP contribution in [0.3, 0.4) is 0 Å². The number of ether oxygens (including phenoxy) is 1. The molecular weight excluding hydrogens is 261 g/mol. The lowest BCUT2D eigenvalue weighted by molar-refractivity contribution is -0.140. The molecule has 0 aliphatic rings. The number of benzene rings is 1. The van der Waals surface area contributed by atoms with Gasteiger partial charge in [0.05, 0.1) is 7.11 Å². The molecule has 0 saturated carbocycles. The molecule has 0 unspecified atom stereocenters. The highest BCUT2D eigenvalue weighted by atomic mass is 35.5. The van der Waals surface area contributed by atoms with Crippen LogP contribution in [0.1, 0.15) is 19.3 Å². The van der Waals surface area contributed by atoms with Gasteiger partial charge in [-0.05, 0) is 24.6 Å². The third-order valence-corrected chi connectivity index (χ3v) is 2.38. The largest absolute Gasteiger partial charge is 0.469 e. The first-order chi connectivity index (χ1) is 8.51. The van der Waals surface area contributed by atoms with Crippen molar-refractivity contribution in [3.63, 3.8) is 0 Å². The molecule has 0 atom stereocenters. The first-order valence-corrected chi connectivity index (χ1v) is 5.72. The maximum Gasteiger partial charge on any atom is 0.305 e.